The van der Waals surface area contributed by atoms with Crippen LogP contribution < -0.4 is 10.6 Å². The van der Waals surface area contributed by atoms with E-state index in [1.54, 1.807) is 24.3 Å². The fourth-order valence-electron chi connectivity index (χ4n) is 2.95. The molecule has 0 saturated heterocycles. The Kier molecular flexibility index (Phi) is 6.80. The van der Waals surface area contributed by atoms with Crippen LogP contribution in [0, 0.1) is 0 Å². The molecule has 3 aromatic rings. The van der Waals surface area contributed by atoms with Gasteiger partial charge in [0.1, 0.15) is 6.54 Å². The van der Waals surface area contributed by atoms with Crippen LogP contribution in [0.15, 0.2) is 66.7 Å². The number of carbonyl (C=O) groups excluding carboxylic acids is 3. The molecule has 0 spiro atoms. The largest absolute Gasteiger partial charge is 0.451 e. The molecule has 0 aliphatic carbocycles. The van der Waals surface area contributed by atoms with Gasteiger partial charge in [0.05, 0.1) is 0 Å². The number of hydrogen-bond acceptors (Lipinski definition) is 4. The topological polar surface area (TPSA) is 84.5 Å². The average Bonchev–Trinajstić information content (AvgIpc) is 2.77. The van der Waals surface area contributed by atoms with Crippen LogP contribution in [0.2, 0.25) is 0 Å². The fourth-order valence-corrected chi connectivity index (χ4v) is 2.95. The van der Waals surface area contributed by atoms with E-state index in [0.29, 0.717) is 11.3 Å². The molecule has 1 atom stereocenters. The number of nitrogens with one attached hydrogen (secondary N) is 2. The van der Waals surface area contributed by atoms with E-state index in [4.69, 9.17) is 4.74 Å². The van der Waals surface area contributed by atoms with E-state index in [0.717, 1.165) is 22.8 Å². The van der Waals surface area contributed by atoms with Gasteiger partial charge >= 0.3 is 5.97 Å². The molecule has 3 aromatic carbocycles. The lowest BCUT2D eigenvalue weighted by Gasteiger charge is -2.14. The fraction of sp³-hybridized carbons (Fsp3) is 0.208. The van der Waals surface area contributed by atoms with Crippen LogP contribution in [0.25, 0.3) is 10.8 Å². The Morgan fingerprint density at radius 1 is 0.933 bits per heavy atom. The van der Waals surface area contributed by atoms with Crippen LogP contribution in [0.1, 0.15) is 29.8 Å². The third-order valence-electron chi connectivity index (χ3n) is 4.71. The van der Waals surface area contributed by atoms with Gasteiger partial charge in [0.15, 0.2) is 6.10 Å². The molecule has 3 rings (SSSR count). The molecule has 30 heavy (non-hydrogen) atoms. The van der Waals surface area contributed by atoms with Crippen molar-refractivity contribution in [3.63, 3.8) is 0 Å². The zero-order chi connectivity index (χ0) is 21.5. The Labute approximate surface area is 175 Å². The van der Waals surface area contributed by atoms with Crippen molar-refractivity contribution < 1.29 is 19.1 Å². The number of aryl methyl sites for hydroxylation is 1. The SMILES string of the molecule is CCc1ccc(NC(=O)[C@H](C)OC(=O)CNC(=O)c2ccc3ccccc3c2)cc1. The van der Waals surface area contributed by atoms with Gasteiger partial charge in [0, 0.05) is 11.3 Å². The Bertz CT molecular complexity index is 1060. The number of esters is 1. The van der Waals surface area contributed by atoms with Crippen LogP contribution in [0.4, 0.5) is 5.69 Å². The highest BCUT2D eigenvalue weighted by Crippen LogP contribution is 2.15. The van der Waals surface area contributed by atoms with Crippen LogP contribution in [-0.2, 0) is 20.7 Å². The van der Waals surface area contributed by atoms with Gasteiger partial charge in [-0.05, 0) is 53.9 Å². The first-order valence-electron chi connectivity index (χ1n) is 9.82. The quantitative estimate of drug-likeness (QED) is 0.588. The minimum atomic E-state index is -0.985. The molecule has 0 bridgehead atoms. The summed E-state index contributed by atoms with van der Waals surface area (Å²) in [7, 11) is 0. The molecule has 0 heterocycles. The number of ether oxygens (including phenoxy) is 1. The summed E-state index contributed by atoms with van der Waals surface area (Å²) in [6.45, 7) is 3.21. The molecule has 0 saturated carbocycles. The van der Waals surface area contributed by atoms with Gasteiger partial charge in [-0.1, -0.05) is 49.4 Å². The molecule has 6 nitrogen and oxygen atoms in total. The lowest BCUT2D eigenvalue weighted by atomic mass is 10.1. The summed E-state index contributed by atoms with van der Waals surface area (Å²) in [5.74, 6) is -1.51. The van der Waals surface area contributed by atoms with E-state index >= 15 is 0 Å². The number of fused-ring (bicyclic) bond motifs is 1. The third-order valence-corrected chi connectivity index (χ3v) is 4.71. The van der Waals surface area contributed by atoms with Gasteiger partial charge in [-0.2, -0.15) is 0 Å². The summed E-state index contributed by atoms with van der Waals surface area (Å²) in [6, 6.07) is 20.4. The molecule has 0 aliphatic heterocycles. The zero-order valence-electron chi connectivity index (χ0n) is 17.0. The van der Waals surface area contributed by atoms with Crippen molar-refractivity contribution in [1.29, 1.82) is 0 Å². The average molecular weight is 404 g/mol. The van der Waals surface area contributed by atoms with E-state index in [-0.39, 0.29) is 12.5 Å². The summed E-state index contributed by atoms with van der Waals surface area (Å²) < 4.78 is 5.12. The Morgan fingerprint density at radius 2 is 1.63 bits per heavy atom. The third kappa shape index (κ3) is 5.44. The van der Waals surface area contributed by atoms with Crippen LogP contribution in [-0.4, -0.2) is 30.4 Å². The number of hydrogen-bond donors (Lipinski definition) is 2. The van der Waals surface area contributed by atoms with Crippen molar-refractivity contribution in [2.75, 3.05) is 11.9 Å². The highest BCUT2D eigenvalue weighted by molar-refractivity contribution is 6.00. The second-order valence-electron chi connectivity index (χ2n) is 6.92. The normalized spacial score (nSPS) is 11.5. The minimum absolute atomic E-state index is 0.325. The summed E-state index contributed by atoms with van der Waals surface area (Å²) >= 11 is 0. The van der Waals surface area contributed by atoms with Crippen molar-refractivity contribution in [1.82, 2.24) is 5.32 Å². The van der Waals surface area contributed by atoms with Gasteiger partial charge in [0.25, 0.3) is 11.8 Å². The highest BCUT2D eigenvalue weighted by Gasteiger charge is 2.18. The van der Waals surface area contributed by atoms with Gasteiger partial charge in [-0.25, -0.2) is 0 Å². The first kappa shape index (κ1) is 21.0. The monoisotopic (exact) mass is 404 g/mol. The van der Waals surface area contributed by atoms with Gasteiger partial charge in [0.2, 0.25) is 0 Å². The summed E-state index contributed by atoms with van der Waals surface area (Å²) in [6.07, 6.45) is -0.0754. The summed E-state index contributed by atoms with van der Waals surface area (Å²) in [5.41, 5.74) is 2.24. The predicted molar refractivity (Wildman–Crippen MR) is 116 cm³/mol. The molecule has 0 radical (unpaired) electrons. The lowest BCUT2D eigenvalue weighted by molar-refractivity contribution is -0.152. The van der Waals surface area contributed by atoms with Gasteiger partial charge in [-0.3, -0.25) is 14.4 Å². The van der Waals surface area contributed by atoms with E-state index in [1.807, 2.05) is 49.4 Å². The zero-order valence-corrected chi connectivity index (χ0v) is 17.0. The van der Waals surface area contributed by atoms with Gasteiger partial charge < -0.3 is 15.4 Å². The smallest absolute Gasteiger partial charge is 0.326 e. The van der Waals surface area contributed by atoms with Crippen molar-refractivity contribution in [2.24, 2.45) is 0 Å². The molecule has 154 valence electrons. The van der Waals surface area contributed by atoms with Crippen molar-refractivity contribution >= 4 is 34.2 Å². The number of amides is 2. The molecule has 0 fully saturated rings. The lowest BCUT2D eigenvalue weighted by Crippen LogP contribution is -2.35. The van der Waals surface area contributed by atoms with E-state index in [1.165, 1.54) is 6.92 Å². The second-order valence-corrected chi connectivity index (χ2v) is 6.92. The predicted octanol–water partition coefficient (Wildman–Crippen LogP) is 3.70. The number of benzene rings is 3. The highest BCUT2D eigenvalue weighted by atomic mass is 16.5. The van der Waals surface area contributed by atoms with E-state index in [2.05, 4.69) is 10.6 Å². The van der Waals surface area contributed by atoms with E-state index < -0.39 is 18.0 Å². The minimum Gasteiger partial charge on any atom is -0.451 e. The molecule has 6 heteroatoms. The van der Waals surface area contributed by atoms with Crippen LogP contribution >= 0.6 is 0 Å². The first-order valence-corrected chi connectivity index (χ1v) is 9.82. The number of rotatable bonds is 7. The Hall–Kier alpha value is -3.67. The molecular weight excluding hydrogens is 380 g/mol. The molecule has 2 N–H and O–H groups in total. The van der Waals surface area contributed by atoms with E-state index in [9.17, 15) is 14.4 Å². The van der Waals surface area contributed by atoms with Crippen molar-refractivity contribution in [2.45, 2.75) is 26.4 Å². The molecular formula is C24H24N2O4. The van der Waals surface area contributed by atoms with Gasteiger partial charge in [-0.15, -0.1) is 0 Å². The Morgan fingerprint density at radius 3 is 2.33 bits per heavy atom. The maximum atomic E-state index is 12.3. The van der Waals surface area contributed by atoms with Crippen molar-refractivity contribution in [3.8, 4) is 0 Å². The second kappa shape index (κ2) is 9.69. The molecule has 0 aliphatic rings. The molecule has 0 unspecified atom stereocenters. The van der Waals surface area contributed by atoms with Crippen molar-refractivity contribution in [3.05, 3.63) is 77.9 Å². The summed E-state index contributed by atoms with van der Waals surface area (Å²) in [4.78, 5) is 36.5. The molecule has 2 amide bonds. The Balaban J connectivity index is 1.48. The number of anilines is 1. The van der Waals surface area contributed by atoms with Crippen LogP contribution in [0.5, 0.6) is 0 Å². The maximum Gasteiger partial charge on any atom is 0.326 e. The standard InChI is InChI=1S/C24H24N2O4/c1-3-17-8-12-21(13-9-17)26-23(28)16(2)30-22(27)15-25-24(29)20-11-10-18-6-4-5-7-19(18)14-20/h4-14,16H,3,15H2,1-2H3,(H,25,29)(H,26,28)/t16-/m0/s1. The first-order chi connectivity index (χ1) is 14.5. The van der Waals surface area contributed by atoms with Crippen LogP contribution in [0.3, 0.4) is 0 Å². The summed E-state index contributed by atoms with van der Waals surface area (Å²) in [5, 5.41) is 7.19. The maximum absolute atomic E-state index is 12.3. The number of carbonyl (C=O) groups is 3. The molecule has 0 aromatic heterocycles.